The first-order valence-electron chi connectivity index (χ1n) is 6.34. The largest absolute Gasteiger partial charge is 0.508 e. The Bertz CT molecular complexity index is 250. The molecule has 0 amide bonds. The van der Waals surface area contributed by atoms with Crippen molar-refractivity contribution in [3.8, 4) is 0 Å². The molecule has 1 aliphatic carbocycles. The number of rotatable bonds is 4. The molecular formula is C12H20O6. The minimum Gasteiger partial charge on any atom is -0.435 e. The smallest absolute Gasteiger partial charge is 0.435 e. The van der Waals surface area contributed by atoms with Crippen LogP contribution >= 0.6 is 0 Å². The van der Waals surface area contributed by atoms with Crippen LogP contribution in [-0.4, -0.2) is 37.7 Å². The molecule has 6 nitrogen and oxygen atoms in total. The van der Waals surface area contributed by atoms with Gasteiger partial charge in [-0.2, -0.15) is 0 Å². The first-order chi connectivity index (χ1) is 8.67. The molecule has 0 unspecified atom stereocenters. The standard InChI is InChI=1S/C12H20O6/c1-3-15-11(13)17-9-7-5-6-8-10(9)18-12(14)16-4-2/h9-10H,3-8H2,1-2H3/t9-,10-/m0/s1. The average molecular weight is 260 g/mol. The number of ether oxygens (including phenoxy) is 4. The summed E-state index contributed by atoms with van der Waals surface area (Å²) in [5, 5.41) is 0. The Balaban J connectivity index is 2.46. The lowest BCUT2D eigenvalue weighted by Crippen LogP contribution is -2.38. The topological polar surface area (TPSA) is 71.1 Å². The second-order valence-electron chi connectivity index (χ2n) is 3.96. The minimum absolute atomic E-state index is 0.259. The van der Waals surface area contributed by atoms with Crippen LogP contribution in [0.3, 0.4) is 0 Å². The first-order valence-corrected chi connectivity index (χ1v) is 6.34. The molecule has 0 aliphatic heterocycles. The van der Waals surface area contributed by atoms with Gasteiger partial charge in [0.2, 0.25) is 0 Å². The van der Waals surface area contributed by atoms with E-state index < -0.39 is 24.5 Å². The van der Waals surface area contributed by atoms with Crippen LogP contribution in [0.5, 0.6) is 0 Å². The van der Waals surface area contributed by atoms with Gasteiger partial charge >= 0.3 is 12.3 Å². The summed E-state index contributed by atoms with van der Waals surface area (Å²) < 4.78 is 19.7. The molecule has 6 heteroatoms. The third kappa shape index (κ3) is 4.81. The van der Waals surface area contributed by atoms with Gasteiger partial charge in [-0.1, -0.05) is 0 Å². The van der Waals surface area contributed by atoms with E-state index in [2.05, 4.69) is 0 Å². The van der Waals surface area contributed by atoms with Gasteiger partial charge in [0.1, 0.15) is 12.2 Å². The van der Waals surface area contributed by atoms with Crippen molar-refractivity contribution in [2.75, 3.05) is 13.2 Å². The summed E-state index contributed by atoms with van der Waals surface area (Å²) in [5.41, 5.74) is 0. The molecule has 0 heterocycles. The summed E-state index contributed by atoms with van der Waals surface area (Å²) in [7, 11) is 0. The molecule has 0 aromatic rings. The number of carbonyl (C=O) groups excluding carboxylic acids is 2. The Kier molecular flexibility index (Phi) is 6.32. The maximum atomic E-state index is 11.3. The van der Waals surface area contributed by atoms with Crippen molar-refractivity contribution >= 4 is 12.3 Å². The molecule has 104 valence electrons. The summed E-state index contributed by atoms with van der Waals surface area (Å²) in [6, 6.07) is 0. The van der Waals surface area contributed by atoms with Gasteiger partial charge in [-0.25, -0.2) is 9.59 Å². The lowest BCUT2D eigenvalue weighted by molar-refractivity contribution is -0.0697. The zero-order valence-electron chi connectivity index (χ0n) is 10.8. The minimum atomic E-state index is -0.721. The fourth-order valence-corrected chi connectivity index (χ4v) is 1.88. The van der Waals surface area contributed by atoms with E-state index in [4.69, 9.17) is 18.9 Å². The lowest BCUT2D eigenvalue weighted by atomic mass is 9.95. The summed E-state index contributed by atoms with van der Waals surface area (Å²) in [4.78, 5) is 22.5. The second-order valence-corrected chi connectivity index (χ2v) is 3.96. The van der Waals surface area contributed by atoms with E-state index in [1.165, 1.54) is 0 Å². The van der Waals surface area contributed by atoms with Crippen molar-refractivity contribution in [1.82, 2.24) is 0 Å². The average Bonchev–Trinajstić information content (AvgIpc) is 2.32. The van der Waals surface area contributed by atoms with Crippen molar-refractivity contribution in [3.63, 3.8) is 0 Å². The van der Waals surface area contributed by atoms with Crippen LogP contribution in [0.15, 0.2) is 0 Å². The Morgan fingerprint density at radius 3 is 1.61 bits per heavy atom. The second kappa shape index (κ2) is 7.79. The van der Waals surface area contributed by atoms with E-state index in [1.807, 2.05) is 0 Å². The summed E-state index contributed by atoms with van der Waals surface area (Å²) in [6.45, 7) is 3.92. The van der Waals surface area contributed by atoms with Crippen LogP contribution in [0, 0.1) is 0 Å². The monoisotopic (exact) mass is 260 g/mol. The van der Waals surface area contributed by atoms with E-state index in [-0.39, 0.29) is 13.2 Å². The molecule has 1 saturated carbocycles. The van der Waals surface area contributed by atoms with E-state index in [0.717, 1.165) is 12.8 Å². The van der Waals surface area contributed by atoms with E-state index in [0.29, 0.717) is 12.8 Å². The number of carbonyl (C=O) groups is 2. The zero-order valence-corrected chi connectivity index (χ0v) is 10.8. The molecule has 0 radical (unpaired) electrons. The lowest BCUT2D eigenvalue weighted by Gasteiger charge is -2.29. The van der Waals surface area contributed by atoms with Crippen molar-refractivity contribution in [2.24, 2.45) is 0 Å². The third-order valence-corrected chi connectivity index (χ3v) is 2.66. The Hall–Kier alpha value is -1.46. The molecule has 18 heavy (non-hydrogen) atoms. The van der Waals surface area contributed by atoms with Crippen LogP contribution in [0.25, 0.3) is 0 Å². The molecule has 1 rings (SSSR count). The Morgan fingerprint density at radius 2 is 1.28 bits per heavy atom. The molecule has 0 spiro atoms. The quantitative estimate of drug-likeness (QED) is 0.723. The van der Waals surface area contributed by atoms with Gasteiger partial charge in [0.05, 0.1) is 13.2 Å². The van der Waals surface area contributed by atoms with Crippen molar-refractivity contribution in [2.45, 2.75) is 51.7 Å². The highest BCUT2D eigenvalue weighted by Gasteiger charge is 2.32. The van der Waals surface area contributed by atoms with Gasteiger partial charge in [0.15, 0.2) is 0 Å². The highest BCUT2D eigenvalue weighted by atomic mass is 16.8. The van der Waals surface area contributed by atoms with Gasteiger partial charge in [-0.05, 0) is 39.5 Å². The third-order valence-electron chi connectivity index (χ3n) is 2.66. The fourth-order valence-electron chi connectivity index (χ4n) is 1.88. The Labute approximate surface area is 107 Å². The zero-order chi connectivity index (χ0) is 13.4. The predicted molar refractivity (Wildman–Crippen MR) is 62.3 cm³/mol. The van der Waals surface area contributed by atoms with Gasteiger partial charge in [0.25, 0.3) is 0 Å². The van der Waals surface area contributed by atoms with Crippen LogP contribution in [0.4, 0.5) is 9.59 Å². The van der Waals surface area contributed by atoms with Gasteiger partial charge in [-0.15, -0.1) is 0 Å². The van der Waals surface area contributed by atoms with Crippen molar-refractivity contribution < 1.29 is 28.5 Å². The van der Waals surface area contributed by atoms with Gasteiger partial charge in [-0.3, -0.25) is 0 Å². The molecule has 0 aromatic heterocycles. The number of hydrogen-bond donors (Lipinski definition) is 0. The summed E-state index contributed by atoms with van der Waals surface area (Å²) >= 11 is 0. The van der Waals surface area contributed by atoms with E-state index in [1.54, 1.807) is 13.8 Å². The van der Waals surface area contributed by atoms with E-state index >= 15 is 0 Å². The van der Waals surface area contributed by atoms with Crippen molar-refractivity contribution in [1.29, 1.82) is 0 Å². The SMILES string of the molecule is CCOC(=O)O[C@H]1CCCC[C@@H]1OC(=O)OCC. The normalized spacial score (nSPS) is 23.0. The first kappa shape index (κ1) is 14.6. The summed E-state index contributed by atoms with van der Waals surface area (Å²) in [6.07, 6.45) is 0.888. The molecule has 1 aliphatic rings. The molecule has 0 aromatic carbocycles. The molecule has 1 fully saturated rings. The fraction of sp³-hybridized carbons (Fsp3) is 0.833. The molecule has 2 atom stereocenters. The predicted octanol–water partition coefficient (Wildman–Crippen LogP) is 2.64. The van der Waals surface area contributed by atoms with Crippen molar-refractivity contribution in [3.05, 3.63) is 0 Å². The highest BCUT2D eigenvalue weighted by Crippen LogP contribution is 2.24. The van der Waals surface area contributed by atoms with Gasteiger partial charge < -0.3 is 18.9 Å². The Morgan fingerprint density at radius 1 is 0.889 bits per heavy atom. The van der Waals surface area contributed by atoms with Crippen LogP contribution in [-0.2, 0) is 18.9 Å². The summed E-state index contributed by atoms with van der Waals surface area (Å²) in [5.74, 6) is 0. The molecule has 0 saturated heterocycles. The maximum absolute atomic E-state index is 11.3. The molecule has 0 N–H and O–H groups in total. The molecule has 0 bridgehead atoms. The molecular weight excluding hydrogens is 240 g/mol. The van der Waals surface area contributed by atoms with Gasteiger partial charge in [0, 0.05) is 0 Å². The van der Waals surface area contributed by atoms with Crippen LogP contribution in [0.2, 0.25) is 0 Å². The van der Waals surface area contributed by atoms with Crippen LogP contribution < -0.4 is 0 Å². The number of hydrogen-bond acceptors (Lipinski definition) is 6. The highest BCUT2D eigenvalue weighted by molar-refractivity contribution is 5.61. The maximum Gasteiger partial charge on any atom is 0.508 e. The van der Waals surface area contributed by atoms with Crippen LogP contribution in [0.1, 0.15) is 39.5 Å². The van der Waals surface area contributed by atoms with E-state index in [9.17, 15) is 9.59 Å².